The van der Waals surface area contributed by atoms with Crippen LogP contribution in [0.1, 0.15) is 12.8 Å². The number of hydrogen-bond donors (Lipinski definition) is 3. The first-order valence-electron chi connectivity index (χ1n) is 7.91. The van der Waals surface area contributed by atoms with E-state index in [4.69, 9.17) is 0 Å². The summed E-state index contributed by atoms with van der Waals surface area (Å²) in [7, 11) is 0. The normalized spacial score (nSPS) is 16.9. The Labute approximate surface area is 143 Å². The smallest absolute Gasteiger partial charge is 0.228 e. The summed E-state index contributed by atoms with van der Waals surface area (Å²) in [5, 5.41) is 8.15. The first-order valence-corrected chi connectivity index (χ1v) is 7.91. The predicted molar refractivity (Wildman–Crippen MR) is 90.4 cm³/mol. The molecule has 1 aliphatic rings. The predicted octanol–water partition coefficient (Wildman–Crippen LogP) is 3.17. The van der Waals surface area contributed by atoms with E-state index in [0.29, 0.717) is 18.7 Å². The molecular formula is C18H17F2N3O2. The van der Waals surface area contributed by atoms with Gasteiger partial charge >= 0.3 is 0 Å². The van der Waals surface area contributed by atoms with Gasteiger partial charge < -0.3 is 16.0 Å². The van der Waals surface area contributed by atoms with Gasteiger partial charge in [-0.05, 0) is 36.8 Å². The van der Waals surface area contributed by atoms with Crippen molar-refractivity contribution in [3.05, 3.63) is 54.1 Å². The number of piperidine rings is 1. The Morgan fingerprint density at radius 1 is 1.08 bits per heavy atom. The highest BCUT2D eigenvalue weighted by atomic mass is 19.1. The van der Waals surface area contributed by atoms with Gasteiger partial charge in [0.2, 0.25) is 11.8 Å². The summed E-state index contributed by atoms with van der Waals surface area (Å²) in [6, 6.07) is 9.76. The minimum atomic E-state index is -0.520. The second-order valence-corrected chi connectivity index (χ2v) is 5.82. The molecule has 0 aliphatic carbocycles. The number of rotatable bonds is 4. The van der Waals surface area contributed by atoms with Crippen LogP contribution in [0.3, 0.4) is 0 Å². The minimum absolute atomic E-state index is 0.114. The van der Waals surface area contributed by atoms with E-state index in [1.807, 2.05) is 0 Å². The highest BCUT2D eigenvalue weighted by molar-refractivity contribution is 5.98. The van der Waals surface area contributed by atoms with Crippen LogP contribution in [0, 0.1) is 17.6 Å². The van der Waals surface area contributed by atoms with Crippen molar-refractivity contribution in [1.29, 1.82) is 0 Å². The van der Waals surface area contributed by atoms with Crippen molar-refractivity contribution in [1.82, 2.24) is 5.32 Å². The average molecular weight is 345 g/mol. The molecule has 130 valence electrons. The summed E-state index contributed by atoms with van der Waals surface area (Å²) in [6.07, 6.45) is 0.651. The Morgan fingerprint density at radius 3 is 2.64 bits per heavy atom. The van der Waals surface area contributed by atoms with Gasteiger partial charge in [0.1, 0.15) is 11.6 Å². The molecule has 0 spiro atoms. The molecule has 0 radical (unpaired) electrons. The summed E-state index contributed by atoms with van der Waals surface area (Å²) in [5.74, 6) is -1.95. The number of nitrogens with one attached hydrogen (secondary N) is 3. The van der Waals surface area contributed by atoms with Crippen molar-refractivity contribution >= 4 is 28.9 Å². The lowest BCUT2D eigenvalue weighted by Crippen LogP contribution is -2.38. The van der Waals surface area contributed by atoms with Crippen LogP contribution in [0.2, 0.25) is 0 Å². The average Bonchev–Trinajstić information content (AvgIpc) is 2.59. The first-order chi connectivity index (χ1) is 12.0. The van der Waals surface area contributed by atoms with E-state index >= 15 is 0 Å². The van der Waals surface area contributed by atoms with E-state index in [1.165, 1.54) is 30.3 Å². The van der Waals surface area contributed by atoms with Crippen molar-refractivity contribution in [3.8, 4) is 0 Å². The van der Waals surface area contributed by atoms with Gasteiger partial charge in [-0.3, -0.25) is 9.59 Å². The third-order valence-electron chi connectivity index (χ3n) is 4.00. The lowest BCUT2D eigenvalue weighted by atomic mass is 9.96. The molecule has 5 nitrogen and oxygen atoms in total. The van der Waals surface area contributed by atoms with Gasteiger partial charge in [0.25, 0.3) is 0 Å². The first kappa shape index (κ1) is 16.9. The van der Waals surface area contributed by atoms with Gasteiger partial charge in [-0.25, -0.2) is 8.78 Å². The Kier molecular flexibility index (Phi) is 4.92. The van der Waals surface area contributed by atoms with Crippen molar-refractivity contribution in [2.45, 2.75) is 12.8 Å². The zero-order valence-corrected chi connectivity index (χ0v) is 13.3. The highest BCUT2D eigenvalue weighted by Gasteiger charge is 2.26. The fourth-order valence-corrected chi connectivity index (χ4v) is 2.68. The molecule has 7 heteroatoms. The van der Waals surface area contributed by atoms with Crippen molar-refractivity contribution in [2.75, 3.05) is 17.2 Å². The molecule has 1 atom stereocenters. The summed E-state index contributed by atoms with van der Waals surface area (Å²) < 4.78 is 27.4. The lowest BCUT2D eigenvalue weighted by Gasteiger charge is -2.22. The van der Waals surface area contributed by atoms with Crippen LogP contribution in [-0.4, -0.2) is 18.4 Å². The van der Waals surface area contributed by atoms with Crippen LogP contribution in [0.4, 0.5) is 25.8 Å². The summed E-state index contributed by atoms with van der Waals surface area (Å²) in [4.78, 5) is 23.8. The molecule has 3 N–H and O–H groups in total. The highest BCUT2D eigenvalue weighted by Crippen LogP contribution is 2.29. The van der Waals surface area contributed by atoms with Gasteiger partial charge in [0.15, 0.2) is 0 Å². The Balaban J connectivity index is 1.80. The largest absolute Gasteiger partial charge is 0.356 e. The molecule has 2 aromatic carbocycles. The quantitative estimate of drug-likeness (QED) is 0.797. The number of para-hydroxylation sites is 1. The Bertz CT molecular complexity index is 811. The van der Waals surface area contributed by atoms with Gasteiger partial charge in [-0.1, -0.05) is 12.1 Å². The van der Waals surface area contributed by atoms with Crippen LogP contribution in [0.5, 0.6) is 0 Å². The van der Waals surface area contributed by atoms with Crippen molar-refractivity contribution in [3.63, 3.8) is 0 Å². The summed E-state index contributed by atoms with van der Waals surface area (Å²) >= 11 is 0. The molecule has 0 aromatic heterocycles. The fraction of sp³-hybridized carbons (Fsp3) is 0.222. The van der Waals surface area contributed by atoms with Crippen molar-refractivity contribution < 1.29 is 18.4 Å². The van der Waals surface area contributed by atoms with E-state index in [-0.39, 0.29) is 29.6 Å². The monoisotopic (exact) mass is 345 g/mol. The Morgan fingerprint density at radius 2 is 1.88 bits per heavy atom. The molecular weight excluding hydrogens is 328 g/mol. The van der Waals surface area contributed by atoms with Gasteiger partial charge in [0, 0.05) is 18.9 Å². The maximum absolute atomic E-state index is 13.8. The number of amides is 2. The summed E-state index contributed by atoms with van der Waals surface area (Å²) in [6.45, 7) is 0.445. The number of halogens is 2. The van der Waals surface area contributed by atoms with Crippen LogP contribution in [0.25, 0.3) is 0 Å². The van der Waals surface area contributed by atoms with Crippen LogP contribution in [0.15, 0.2) is 42.5 Å². The maximum atomic E-state index is 13.8. The van der Waals surface area contributed by atoms with E-state index < -0.39 is 17.6 Å². The molecule has 1 aliphatic heterocycles. The van der Waals surface area contributed by atoms with E-state index in [2.05, 4.69) is 16.0 Å². The molecule has 1 fully saturated rings. The molecule has 25 heavy (non-hydrogen) atoms. The van der Waals surface area contributed by atoms with E-state index in [0.717, 1.165) is 0 Å². The summed E-state index contributed by atoms with van der Waals surface area (Å²) in [5.41, 5.74) is 0.722. The van der Waals surface area contributed by atoms with Gasteiger partial charge in [-0.2, -0.15) is 0 Å². The molecule has 0 bridgehead atoms. The van der Waals surface area contributed by atoms with Gasteiger partial charge in [0.05, 0.1) is 17.1 Å². The number of carbonyl (C=O) groups excluding carboxylic acids is 2. The Hall–Kier alpha value is -2.96. The standard InChI is InChI=1S/C18H17F2N3O2/c19-12-5-6-15(23-18(25)11-7-8-21-17(24)9-11)16(10-12)22-14-4-2-1-3-13(14)20/h1-6,10-11,22H,7-9H2,(H,21,24)(H,23,25)/t11-/m0/s1. The topological polar surface area (TPSA) is 70.2 Å². The second kappa shape index (κ2) is 7.29. The molecule has 3 rings (SSSR count). The molecule has 1 heterocycles. The van der Waals surface area contributed by atoms with E-state index in [9.17, 15) is 18.4 Å². The van der Waals surface area contributed by atoms with E-state index in [1.54, 1.807) is 12.1 Å². The molecule has 1 saturated heterocycles. The second-order valence-electron chi connectivity index (χ2n) is 5.82. The fourth-order valence-electron chi connectivity index (χ4n) is 2.68. The number of benzene rings is 2. The lowest BCUT2D eigenvalue weighted by molar-refractivity contribution is -0.129. The zero-order chi connectivity index (χ0) is 17.8. The van der Waals surface area contributed by atoms with Crippen LogP contribution < -0.4 is 16.0 Å². The number of anilines is 3. The third kappa shape index (κ3) is 4.12. The SMILES string of the molecule is O=C1C[C@@H](C(=O)Nc2ccc(F)cc2Nc2ccccc2F)CCN1. The molecule has 2 aromatic rings. The molecule has 0 unspecified atom stereocenters. The molecule has 0 saturated carbocycles. The molecule has 2 amide bonds. The number of carbonyl (C=O) groups is 2. The minimum Gasteiger partial charge on any atom is -0.356 e. The van der Waals surface area contributed by atoms with Crippen LogP contribution in [-0.2, 0) is 9.59 Å². The maximum Gasteiger partial charge on any atom is 0.228 e. The zero-order valence-electron chi connectivity index (χ0n) is 13.3. The van der Waals surface area contributed by atoms with Crippen LogP contribution >= 0.6 is 0 Å². The third-order valence-corrected chi connectivity index (χ3v) is 4.00. The van der Waals surface area contributed by atoms with Gasteiger partial charge in [-0.15, -0.1) is 0 Å². The number of hydrogen-bond acceptors (Lipinski definition) is 3. The van der Waals surface area contributed by atoms with Crippen molar-refractivity contribution in [2.24, 2.45) is 5.92 Å².